The fraction of sp³-hybridized carbons (Fsp3) is 0.316. The summed E-state index contributed by atoms with van der Waals surface area (Å²) >= 11 is 0. The first-order valence-electron chi connectivity index (χ1n) is 8.82. The van der Waals surface area contributed by atoms with Gasteiger partial charge in [0.2, 0.25) is 5.91 Å². The average Bonchev–Trinajstić information content (AvgIpc) is 3.30. The normalized spacial score (nSPS) is 17.5. The predicted molar refractivity (Wildman–Crippen MR) is 97.3 cm³/mol. The van der Waals surface area contributed by atoms with Crippen molar-refractivity contribution in [1.29, 1.82) is 0 Å². The zero-order valence-corrected chi connectivity index (χ0v) is 14.4. The van der Waals surface area contributed by atoms with Gasteiger partial charge in [0.05, 0.1) is 11.7 Å². The van der Waals surface area contributed by atoms with Gasteiger partial charge in [-0.3, -0.25) is 14.7 Å². The third kappa shape index (κ3) is 2.96. The molecule has 0 spiro atoms. The van der Waals surface area contributed by atoms with Crippen molar-refractivity contribution < 1.29 is 9.59 Å². The molecule has 0 bridgehead atoms. The number of amides is 2. The van der Waals surface area contributed by atoms with Crippen molar-refractivity contribution >= 4 is 22.7 Å². The maximum atomic E-state index is 13.0. The van der Waals surface area contributed by atoms with Gasteiger partial charge in [-0.25, -0.2) is 0 Å². The highest BCUT2D eigenvalue weighted by Crippen LogP contribution is 2.30. The highest BCUT2D eigenvalue weighted by Gasteiger charge is 2.29. The molecule has 2 aromatic heterocycles. The number of aromatic nitrogens is 3. The second kappa shape index (κ2) is 6.67. The molecule has 0 saturated carbocycles. The molecule has 1 aliphatic heterocycles. The number of aromatic amines is 1. The Morgan fingerprint density at radius 1 is 1.23 bits per heavy atom. The van der Waals surface area contributed by atoms with Gasteiger partial charge in [0, 0.05) is 18.3 Å². The van der Waals surface area contributed by atoms with E-state index in [-0.39, 0.29) is 17.6 Å². The molecule has 3 heterocycles. The molecule has 0 radical (unpaired) electrons. The quantitative estimate of drug-likeness (QED) is 0.754. The number of nitrogens with two attached hydrogens (primary N) is 1. The molecule has 26 heavy (non-hydrogen) atoms. The molecule has 1 saturated heterocycles. The summed E-state index contributed by atoms with van der Waals surface area (Å²) in [7, 11) is 0. The smallest absolute Gasteiger partial charge is 0.269 e. The van der Waals surface area contributed by atoms with Crippen LogP contribution >= 0.6 is 0 Å². The zero-order chi connectivity index (χ0) is 18.1. The molecular weight excluding hydrogens is 330 g/mol. The highest BCUT2D eigenvalue weighted by molar-refractivity contribution is 5.90. The van der Waals surface area contributed by atoms with E-state index in [1.54, 1.807) is 6.07 Å². The monoisotopic (exact) mass is 351 g/mol. The number of carbonyl (C=O) groups is 2. The Morgan fingerprint density at radius 3 is 2.88 bits per heavy atom. The summed E-state index contributed by atoms with van der Waals surface area (Å²) in [6.07, 6.45) is 4.80. The molecule has 4 rings (SSSR count). The topological polar surface area (TPSA) is 97.0 Å². The minimum atomic E-state index is -0.569. The number of H-pyrrole nitrogens is 1. The minimum absolute atomic E-state index is 0.0614. The van der Waals surface area contributed by atoms with Gasteiger partial charge >= 0.3 is 0 Å². The van der Waals surface area contributed by atoms with E-state index >= 15 is 0 Å². The van der Waals surface area contributed by atoms with Gasteiger partial charge in [-0.2, -0.15) is 5.10 Å². The van der Waals surface area contributed by atoms with Gasteiger partial charge < -0.3 is 15.2 Å². The molecular formula is C19H21N5O2. The first kappa shape index (κ1) is 16.4. The van der Waals surface area contributed by atoms with E-state index in [0.717, 1.165) is 35.9 Å². The first-order chi connectivity index (χ1) is 12.6. The van der Waals surface area contributed by atoms with Crippen LogP contribution in [0, 0.1) is 0 Å². The first-order valence-corrected chi connectivity index (χ1v) is 8.82. The van der Waals surface area contributed by atoms with E-state index < -0.39 is 5.91 Å². The summed E-state index contributed by atoms with van der Waals surface area (Å²) in [5, 5.41) is 7.96. The lowest BCUT2D eigenvalue weighted by Gasteiger charge is -2.35. The van der Waals surface area contributed by atoms with Gasteiger partial charge in [0.25, 0.3) is 5.91 Å². The Bertz CT molecular complexity index is 958. The Morgan fingerprint density at radius 2 is 2.08 bits per heavy atom. The van der Waals surface area contributed by atoms with Crippen molar-refractivity contribution in [2.45, 2.75) is 31.8 Å². The van der Waals surface area contributed by atoms with Crippen LogP contribution < -0.4 is 5.73 Å². The van der Waals surface area contributed by atoms with Crippen molar-refractivity contribution in [1.82, 2.24) is 19.7 Å². The molecule has 7 heteroatoms. The van der Waals surface area contributed by atoms with E-state index in [2.05, 4.69) is 10.2 Å². The van der Waals surface area contributed by atoms with Crippen LogP contribution in [0.15, 0.2) is 42.6 Å². The number of para-hydroxylation sites is 1. The van der Waals surface area contributed by atoms with E-state index in [4.69, 9.17) is 5.73 Å². The summed E-state index contributed by atoms with van der Waals surface area (Å²) in [5.74, 6) is -0.508. The van der Waals surface area contributed by atoms with Gasteiger partial charge in [-0.15, -0.1) is 0 Å². The Kier molecular flexibility index (Phi) is 4.20. The maximum Gasteiger partial charge on any atom is 0.269 e. The van der Waals surface area contributed by atoms with Gasteiger partial charge in [-0.1, -0.05) is 18.2 Å². The van der Waals surface area contributed by atoms with Crippen LogP contribution in [-0.2, 0) is 11.3 Å². The molecule has 1 atom stereocenters. The van der Waals surface area contributed by atoms with Crippen molar-refractivity contribution in [2.75, 3.05) is 6.54 Å². The molecule has 1 aromatic carbocycles. The van der Waals surface area contributed by atoms with E-state index in [0.29, 0.717) is 13.1 Å². The summed E-state index contributed by atoms with van der Waals surface area (Å²) in [6.45, 7) is 0.994. The standard InChI is InChI=1S/C19H21N5O2/c20-19(26)15-11-14(21-22-15)17-7-3-4-9-24(17)18(25)12-23-10-8-13-5-1-2-6-16(13)23/h1-2,5-6,8,10-11,17H,3-4,7,9,12H2,(H2,20,26)(H,21,22)/t17-/m0/s1. The molecule has 3 aromatic rings. The minimum Gasteiger partial charge on any atom is -0.364 e. The van der Waals surface area contributed by atoms with Crippen LogP contribution in [0.5, 0.6) is 0 Å². The summed E-state index contributed by atoms with van der Waals surface area (Å²) < 4.78 is 1.98. The molecule has 1 aliphatic rings. The van der Waals surface area contributed by atoms with Gasteiger partial charge in [-0.05, 0) is 42.8 Å². The number of rotatable bonds is 4. The van der Waals surface area contributed by atoms with Crippen molar-refractivity contribution in [3.63, 3.8) is 0 Å². The molecule has 134 valence electrons. The molecule has 1 fully saturated rings. The van der Waals surface area contributed by atoms with Gasteiger partial charge in [0.15, 0.2) is 0 Å². The lowest BCUT2D eigenvalue weighted by molar-refractivity contribution is -0.135. The lowest BCUT2D eigenvalue weighted by Crippen LogP contribution is -2.40. The third-order valence-electron chi connectivity index (χ3n) is 5.02. The molecule has 2 amide bonds. The van der Waals surface area contributed by atoms with E-state index in [1.165, 1.54) is 0 Å². The largest absolute Gasteiger partial charge is 0.364 e. The number of primary amides is 1. The molecule has 0 unspecified atom stereocenters. The maximum absolute atomic E-state index is 13.0. The van der Waals surface area contributed by atoms with Crippen LogP contribution in [0.2, 0.25) is 0 Å². The fourth-order valence-corrected chi connectivity index (χ4v) is 3.70. The Balaban J connectivity index is 1.57. The lowest BCUT2D eigenvalue weighted by atomic mass is 9.99. The summed E-state index contributed by atoms with van der Waals surface area (Å²) in [6, 6.07) is 11.6. The van der Waals surface area contributed by atoms with Crippen LogP contribution in [-0.4, -0.2) is 38.0 Å². The van der Waals surface area contributed by atoms with Crippen molar-refractivity contribution in [3.8, 4) is 0 Å². The summed E-state index contributed by atoms with van der Waals surface area (Å²) in [5.41, 5.74) is 7.31. The molecule has 7 nitrogen and oxygen atoms in total. The van der Waals surface area contributed by atoms with Crippen LogP contribution in [0.3, 0.4) is 0 Å². The summed E-state index contributed by atoms with van der Waals surface area (Å²) in [4.78, 5) is 26.2. The average molecular weight is 351 g/mol. The third-order valence-corrected chi connectivity index (χ3v) is 5.02. The molecule has 3 N–H and O–H groups in total. The number of nitrogens with zero attached hydrogens (tertiary/aromatic N) is 3. The number of fused-ring (bicyclic) bond motifs is 1. The number of hydrogen-bond acceptors (Lipinski definition) is 3. The predicted octanol–water partition coefficient (Wildman–Crippen LogP) is 2.22. The van der Waals surface area contributed by atoms with Crippen molar-refractivity contribution in [3.05, 3.63) is 54.0 Å². The van der Waals surface area contributed by atoms with Crippen molar-refractivity contribution in [2.24, 2.45) is 5.73 Å². The van der Waals surface area contributed by atoms with E-state index in [1.807, 2.05) is 46.0 Å². The fourth-order valence-electron chi connectivity index (χ4n) is 3.70. The number of benzene rings is 1. The van der Waals surface area contributed by atoms with E-state index in [9.17, 15) is 9.59 Å². The number of nitrogens with one attached hydrogen (secondary N) is 1. The SMILES string of the molecule is NC(=O)c1cc([C@@H]2CCCCN2C(=O)Cn2ccc3ccccc32)[nH]n1. The number of hydrogen-bond donors (Lipinski definition) is 2. The second-order valence-electron chi connectivity index (χ2n) is 6.67. The molecule has 0 aliphatic carbocycles. The number of carbonyl (C=O) groups excluding carboxylic acids is 2. The Hall–Kier alpha value is -3.09. The second-order valence-corrected chi connectivity index (χ2v) is 6.67. The highest BCUT2D eigenvalue weighted by atomic mass is 16.2. The number of piperidine rings is 1. The Labute approximate surface area is 150 Å². The van der Waals surface area contributed by atoms with Crippen LogP contribution in [0.1, 0.15) is 41.5 Å². The van der Waals surface area contributed by atoms with Crippen LogP contribution in [0.4, 0.5) is 0 Å². The van der Waals surface area contributed by atoms with Crippen LogP contribution in [0.25, 0.3) is 10.9 Å². The number of likely N-dealkylation sites (tertiary alicyclic amines) is 1. The van der Waals surface area contributed by atoms with Gasteiger partial charge in [0.1, 0.15) is 12.2 Å². The zero-order valence-electron chi connectivity index (χ0n) is 14.4.